The average Bonchev–Trinajstić information content (AvgIpc) is 3.24. The van der Waals surface area contributed by atoms with Gasteiger partial charge in [-0.3, -0.25) is 4.79 Å². The van der Waals surface area contributed by atoms with Crippen molar-refractivity contribution in [1.82, 2.24) is 4.90 Å². The second kappa shape index (κ2) is 7.25. The van der Waals surface area contributed by atoms with Gasteiger partial charge in [0.25, 0.3) is 5.91 Å². The normalized spacial score (nSPS) is 26.3. The number of likely N-dealkylation sites (tertiary alicyclic amines) is 1. The minimum absolute atomic E-state index is 0.101. The number of carbonyl (C=O) groups is 1. The zero-order valence-electron chi connectivity index (χ0n) is 13.2. The van der Waals surface area contributed by atoms with Crippen molar-refractivity contribution in [2.45, 2.75) is 50.9 Å². The van der Waals surface area contributed by atoms with Crippen LogP contribution in [0.25, 0.3) is 0 Å². The molecule has 2 aliphatic rings. The molecule has 2 saturated heterocycles. The number of ether oxygens (including phenoxy) is 2. The second-order valence-corrected chi connectivity index (χ2v) is 6.21. The first-order valence-corrected chi connectivity index (χ1v) is 8.34. The molecule has 1 amide bonds. The van der Waals surface area contributed by atoms with E-state index in [9.17, 15) is 4.79 Å². The lowest BCUT2D eigenvalue weighted by Crippen LogP contribution is -2.39. The van der Waals surface area contributed by atoms with Gasteiger partial charge in [0.1, 0.15) is 6.10 Å². The summed E-state index contributed by atoms with van der Waals surface area (Å²) in [6.45, 7) is 4.03. The SMILES string of the molecule is C[C@H](OC[C@H]1CCCO1)C(=O)N1CCC[C@H]1c1ccccc1. The third-order valence-electron chi connectivity index (χ3n) is 4.62. The number of amides is 1. The van der Waals surface area contributed by atoms with Crippen LogP contribution in [-0.2, 0) is 14.3 Å². The Hall–Kier alpha value is -1.39. The Bertz CT molecular complexity index is 484. The molecular weight excluding hydrogens is 278 g/mol. The van der Waals surface area contributed by atoms with Crippen molar-refractivity contribution < 1.29 is 14.3 Å². The van der Waals surface area contributed by atoms with Crippen LogP contribution in [0, 0.1) is 0 Å². The van der Waals surface area contributed by atoms with Crippen molar-refractivity contribution in [3.05, 3.63) is 35.9 Å². The monoisotopic (exact) mass is 303 g/mol. The first-order chi connectivity index (χ1) is 10.8. The van der Waals surface area contributed by atoms with Crippen LogP contribution >= 0.6 is 0 Å². The molecule has 2 heterocycles. The van der Waals surface area contributed by atoms with E-state index < -0.39 is 6.10 Å². The fraction of sp³-hybridized carbons (Fsp3) is 0.611. The van der Waals surface area contributed by atoms with Crippen LogP contribution in [-0.4, -0.2) is 42.8 Å². The molecule has 0 radical (unpaired) electrons. The summed E-state index contributed by atoms with van der Waals surface area (Å²) < 4.78 is 11.3. The van der Waals surface area contributed by atoms with Crippen molar-refractivity contribution in [1.29, 1.82) is 0 Å². The maximum absolute atomic E-state index is 12.7. The van der Waals surface area contributed by atoms with Gasteiger partial charge in [-0.2, -0.15) is 0 Å². The third-order valence-corrected chi connectivity index (χ3v) is 4.62. The summed E-state index contributed by atoms with van der Waals surface area (Å²) in [7, 11) is 0. The molecule has 1 aromatic rings. The Kier molecular flexibility index (Phi) is 5.11. The number of hydrogen-bond donors (Lipinski definition) is 0. The molecular formula is C18H25NO3. The summed E-state index contributed by atoms with van der Waals surface area (Å²) in [5.41, 5.74) is 1.22. The molecule has 0 saturated carbocycles. The molecule has 0 spiro atoms. The molecule has 120 valence electrons. The van der Waals surface area contributed by atoms with Crippen molar-refractivity contribution in [2.75, 3.05) is 19.8 Å². The summed E-state index contributed by atoms with van der Waals surface area (Å²) >= 11 is 0. The van der Waals surface area contributed by atoms with Gasteiger partial charge < -0.3 is 14.4 Å². The van der Waals surface area contributed by atoms with E-state index in [-0.39, 0.29) is 18.1 Å². The van der Waals surface area contributed by atoms with Gasteiger partial charge in [0, 0.05) is 13.2 Å². The van der Waals surface area contributed by atoms with Gasteiger partial charge >= 0.3 is 0 Å². The van der Waals surface area contributed by atoms with Crippen molar-refractivity contribution >= 4 is 5.91 Å². The van der Waals surface area contributed by atoms with Crippen LogP contribution in [0.1, 0.15) is 44.2 Å². The summed E-state index contributed by atoms with van der Waals surface area (Å²) in [6.07, 6.45) is 4.00. The highest BCUT2D eigenvalue weighted by molar-refractivity contribution is 5.81. The molecule has 2 fully saturated rings. The van der Waals surface area contributed by atoms with Gasteiger partial charge in [0.05, 0.1) is 18.8 Å². The first-order valence-electron chi connectivity index (χ1n) is 8.34. The minimum Gasteiger partial charge on any atom is -0.376 e. The van der Waals surface area contributed by atoms with Crippen LogP contribution in [0.3, 0.4) is 0 Å². The minimum atomic E-state index is -0.395. The summed E-state index contributed by atoms with van der Waals surface area (Å²) in [5.74, 6) is 0.101. The molecule has 0 unspecified atom stereocenters. The Morgan fingerprint density at radius 3 is 2.86 bits per heavy atom. The fourth-order valence-electron chi connectivity index (χ4n) is 3.38. The Morgan fingerprint density at radius 2 is 2.14 bits per heavy atom. The van der Waals surface area contributed by atoms with Gasteiger partial charge in [-0.1, -0.05) is 30.3 Å². The largest absolute Gasteiger partial charge is 0.376 e. The van der Waals surface area contributed by atoms with Gasteiger partial charge in [-0.15, -0.1) is 0 Å². The first kappa shape index (κ1) is 15.5. The molecule has 4 heteroatoms. The van der Waals surface area contributed by atoms with Gasteiger partial charge in [0.2, 0.25) is 0 Å². The number of hydrogen-bond acceptors (Lipinski definition) is 3. The van der Waals surface area contributed by atoms with E-state index in [0.717, 1.165) is 38.8 Å². The molecule has 3 rings (SSSR count). The standard InChI is InChI=1S/C18H25NO3/c1-14(22-13-16-9-6-12-21-16)18(20)19-11-5-10-17(19)15-7-3-2-4-8-15/h2-4,7-8,14,16-17H,5-6,9-13H2,1H3/t14-,16+,17-/m0/s1. The average molecular weight is 303 g/mol. The molecule has 0 N–H and O–H groups in total. The van der Waals surface area contributed by atoms with Gasteiger partial charge in [0.15, 0.2) is 0 Å². The maximum Gasteiger partial charge on any atom is 0.251 e. The van der Waals surface area contributed by atoms with Crippen molar-refractivity contribution in [3.8, 4) is 0 Å². The number of benzene rings is 1. The van der Waals surface area contributed by atoms with E-state index in [4.69, 9.17) is 9.47 Å². The predicted molar refractivity (Wildman–Crippen MR) is 84.5 cm³/mol. The molecule has 1 aromatic carbocycles. The lowest BCUT2D eigenvalue weighted by atomic mass is 10.0. The van der Waals surface area contributed by atoms with E-state index in [1.807, 2.05) is 30.0 Å². The second-order valence-electron chi connectivity index (χ2n) is 6.21. The zero-order chi connectivity index (χ0) is 15.4. The summed E-state index contributed by atoms with van der Waals surface area (Å²) in [5, 5.41) is 0. The molecule has 4 nitrogen and oxygen atoms in total. The van der Waals surface area contributed by atoms with E-state index in [2.05, 4.69) is 12.1 Å². The summed E-state index contributed by atoms with van der Waals surface area (Å²) in [6, 6.07) is 10.5. The number of carbonyl (C=O) groups excluding carboxylic acids is 1. The molecule has 0 aliphatic carbocycles. The molecule has 3 atom stereocenters. The quantitative estimate of drug-likeness (QED) is 0.839. The number of nitrogens with zero attached hydrogens (tertiary/aromatic N) is 1. The Morgan fingerprint density at radius 1 is 1.32 bits per heavy atom. The van der Waals surface area contributed by atoms with Crippen molar-refractivity contribution in [2.24, 2.45) is 0 Å². The van der Waals surface area contributed by atoms with Crippen LogP contribution in [0.4, 0.5) is 0 Å². The zero-order valence-corrected chi connectivity index (χ0v) is 13.2. The van der Waals surface area contributed by atoms with E-state index in [0.29, 0.717) is 6.61 Å². The predicted octanol–water partition coefficient (Wildman–Crippen LogP) is 2.93. The molecule has 22 heavy (non-hydrogen) atoms. The van der Waals surface area contributed by atoms with E-state index in [1.54, 1.807) is 0 Å². The van der Waals surface area contributed by atoms with E-state index >= 15 is 0 Å². The van der Waals surface area contributed by atoms with Crippen molar-refractivity contribution in [3.63, 3.8) is 0 Å². The van der Waals surface area contributed by atoms with E-state index in [1.165, 1.54) is 5.56 Å². The maximum atomic E-state index is 12.7. The summed E-state index contributed by atoms with van der Waals surface area (Å²) in [4.78, 5) is 14.7. The highest BCUT2D eigenvalue weighted by Crippen LogP contribution is 2.32. The Balaban J connectivity index is 1.58. The number of rotatable bonds is 5. The van der Waals surface area contributed by atoms with Crippen LogP contribution < -0.4 is 0 Å². The lowest BCUT2D eigenvalue weighted by Gasteiger charge is -2.28. The molecule has 0 bridgehead atoms. The molecule has 2 aliphatic heterocycles. The van der Waals surface area contributed by atoms with Crippen LogP contribution in [0.2, 0.25) is 0 Å². The van der Waals surface area contributed by atoms with Gasteiger partial charge in [-0.05, 0) is 38.2 Å². The molecule has 0 aromatic heterocycles. The topological polar surface area (TPSA) is 38.8 Å². The highest BCUT2D eigenvalue weighted by Gasteiger charge is 2.33. The van der Waals surface area contributed by atoms with Gasteiger partial charge in [-0.25, -0.2) is 0 Å². The fourth-order valence-corrected chi connectivity index (χ4v) is 3.38. The lowest BCUT2D eigenvalue weighted by molar-refractivity contribution is -0.145. The van der Waals surface area contributed by atoms with Crippen LogP contribution in [0.15, 0.2) is 30.3 Å². The smallest absolute Gasteiger partial charge is 0.251 e. The highest BCUT2D eigenvalue weighted by atomic mass is 16.5. The third kappa shape index (κ3) is 3.50. The Labute approximate surface area is 132 Å². The van der Waals surface area contributed by atoms with Crippen LogP contribution in [0.5, 0.6) is 0 Å².